The van der Waals surface area contributed by atoms with Gasteiger partial charge in [0.15, 0.2) is 0 Å². The molecular formula is C7H11NO2S. The van der Waals surface area contributed by atoms with Gasteiger partial charge < -0.3 is 10.4 Å². The van der Waals surface area contributed by atoms with E-state index in [1.54, 1.807) is 0 Å². The fraction of sp³-hybridized carbons (Fsp3) is 0.857. The zero-order valence-electron chi connectivity index (χ0n) is 6.17. The fourth-order valence-corrected chi connectivity index (χ4v) is 3.40. The second-order valence-corrected chi connectivity index (χ2v) is 4.71. The molecule has 0 amide bonds. The predicted octanol–water partition coefficient (Wildman–Crippen LogP) is 0.166. The number of thioether (sulfide) groups is 1. The molecule has 4 heteroatoms. The summed E-state index contributed by atoms with van der Waals surface area (Å²) < 4.78 is 0.0613. The van der Waals surface area contributed by atoms with E-state index in [2.05, 4.69) is 5.32 Å². The molecule has 0 bridgehead atoms. The number of carboxylic acid groups (broad SMARTS) is 1. The Bertz CT molecular complexity index is 191. The van der Waals surface area contributed by atoms with Crippen LogP contribution in [0.25, 0.3) is 0 Å². The summed E-state index contributed by atoms with van der Waals surface area (Å²) in [5, 5.41) is 12.0. The summed E-state index contributed by atoms with van der Waals surface area (Å²) in [6, 6.07) is 0. The number of aliphatic carboxylic acids is 1. The van der Waals surface area contributed by atoms with Gasteiger partial charge in [-0.15, -0.1) is 0 Å². The van der Waals surface area contributed by atoms with Crippen LogP contribution in [-0.4, -0.2) is 34.7 Å². The van der Waals surface area contributed by atoms with E-state index >= 15 is 0 Å². The topological polar surface area (TPSA) is 49.3 Å². The second kappa shape index (κ2) is 2.38. The van der Waals surface area contributed by atoms with Crippen molar-refractivity contribution in [3.63, 3.8) is 0 Å². The molecule has 2 fully saturated rings. The number of carboxylic acids is 1. The SMILES string of the molecule is O=C(O)C1CCSC12CNC2. The van der Waals surface area contributed by atoms with Crippen molar-refractivity contribution < 1.29 is 9.90 Å². The Morgan fingerprint density at radius 1 is 1.64 bits per heavy atom. The molecule has 11 heavy (non-hydrogen) atoms. The van der Waals surface area contributed by atoms with Crippen molar-refractivity contribution in [2.45, 2.75) is 11.2 Å². The minimum absolute atomic E-state index is 0.0613. The van der Waals surface area contributed by atoms with Crippen molar-refractivity contribution in [1.82, 2.24) is 5.32 Å². The van der Waals surface area contributed by atoms with Crippen LogP contribution in [-0.2, 0) is 4.79 Å². The predicted molar refractivity (Wildman–Crippen MR) is 43.8 cm³/mol. The minimum atomic E-state index is -0.614. The Hall–Kier alpha value is -0.220. The highest BCUT2D eigenvalue weighted by Gasteiger charge is 2.51. The van der Waals surface area contributed by atoms with Crippen LogP contribution >= 0.6 is 11.8 Å². The highest BCUT2D eigenvalue weighted by molar-refractivity contribution is 8.01. The third kappa shape index (κ3) is 0.964. The lowest BCUT2D eigenvalue weighted by molar-refractivity contribution is -0.143. The van der Waals surface area contributed by atoms with Crippen molar-refractivity contribution >= 4 is 17.7 Å². The Morgan fingerprint density at radius 2 is 2.36 bits per heavy atom. The normalized spacial score (nSPS) is 33.6. The van der Waals surface area contributed by atoms with Gasteiger partial charge in [-0.25, -0.2) is 0 Å². The fourth-order valence-electron chi connectivity index (χ4n) is 1.81. The molecule has 0 saturated carbocycles. The molecule has 62 valence electrons. The molecule has 0 aliphatic carbocycles. The van der Waals surface area contributed by atoms with E-state index in [0.29, 0.717) is 0 Å². The van der Waals surface area contributed by atoms with Crippen LogP contribution in [0.3, 0.4) is 0 Å². The van der Waals surface area contributed by atoms with E-state index in [9.17, 15) is 4.79 Å². The summed E-state index contributed by atoms with van der Waals surface area (Å²) in [7, 11) is 0. The molecule has 0 aromatic carbocycles. The quantitative estimate of drug-likeness (QED) is 0.593. The Labute approximate surface area is 69.5 Å². The van der Waals surface area contributed by atoms with Crippen molar-refractivity contribution in [2.24, 2.45) is 5.92 Å². The summed E-state index contributed by atoms with van der Waals surface area (Å²) >= 11 is 1.82. The average molecular weight is 173 g/mol. The summed E-state index contributed by atoms with van der Waals surface area (Å²) in [5.41, 5.74) is 0. The first-order chi connectivity index (χ1) is 5.25. The number of hydrogen-bond acceptors (Lipinski definition) is 3. The first-order valence-corrected chi connectivity index (χ1v) is 4.81. The van der Waals surface area contributed by atoms with Crippen LogP contribution < -0.4 is 5.32 Å². The summed E-state index contributed by atoms with van der Waals surface area (Å²) in [6.07, 6.45) is 0.849. The van der Waals surface area contributed by atoms with Crippen LogP contribution in [0.5, 0.6) is 0 Å². The molecule has 1 atom stereocenters. The molecule has 3 nitrogen and oxygen atoms in total. The maximum Gasteiger partial charge on any atom is 0.308 e. The van der Waals surface area contributed by atoms with Gasteiger partial charge in [0.1, 0.15) is 0 Å². The lowest BCUT2D eigenvalue weighted by Gasteiger charge is -2.41. The van der Waals surface area contributed by atoms with E-state index in [0.717, 1.165) is 25.3 Å². The molecule has 2 heterocycles. The molecular weight excluding hydrogens is 162 g/mol. The monoisotopic (exact) mass is 173 g/mol. The summed E-state index contributed by atoms with van der Waals surface area (Å²) in [5.74, 6) is 0.295. The van der Waals surface area contributed by atoms with Gasteiger partial charge in [-0.3, -0.25) is 4.79 Å². The van der Waals surface area contributed by atoms with Crippen LogP contribution in [0, 0.1) is 5.92 Å². The van der Waals surface area contributed by atoms with Crippen molar-refractivity contribution in [1.29, 1.82) is 0 Å². The molecule has 2 N–H and O–H groups in total. The van der Waals surface area contributed by atoms with E-state index in [4.69, 9.17) is 5.11 Å². The number of hydrogen-bond donors (Lipinski definition) is 2. The third-order valence-electron chi connectivity index (χ3n) is 2.58. The molecule has 0 radical (unpaired) electrons. The first kappa shape index (κ1) is 7.43. The van der Waals surface area contributed by atoms with Gasteiger partial charge in [0, 0.05) is 13.1 Å². The van der Waals surface area contributed by atoms with Crippen molar-refractivity contribution in [2.75, 3.05) is 18.8 Å². The van der Waals surface area contributed by atoms with Gasteiger partial charge in [0.2, 0.25) is 0 Å². The van der Waals surface area contributed by atoms with Crippen molar-refractivity contribution in [3.8, 4) is 0 Å². The van der Waals surface area contributed by atoms with E-state index in [-0.39, 0.29) is 10.7 Å². The molecule has 2 aliphatic heterocycles. The molecule has 0 aromatic heterocycles. The minimum Gasteiger partial charge on any atom is -0.481 e. The van der Waals surface area contributed by atoms with Gasteiger partial charge in [-0.05, 0) is 12.2 Å². The van der Waals surface area contributed by atoms with E-state index in [1.165, 1.54) is 0 Å². The standard InChI is InChI=1S/C7H11NO2S/c9-6(10)5-1-2-11-7(5)3-8-4-7/h5,8H,1-4H2,(H,9,10). The third-order valence-corrected chi connectivity index (χ3v) is 4.17. The summed E-state index contributed by atoms with van der Waals surface area (Å²) in [6.45, 7) is 1.77. The van der Waals surface area contributed by atoms with Crippen LogP contribution in [0.2, 0.25) is 0 Å². The van der Waals surface area contributed by atoms with Gasteiger partial charge in [0.05, 0.1) is 10.7 Å². The van der Waals surface area contributed by atoms with Crippen LogP contribution in [0.1, 0.15) is 6.42 Å². The first-order valence-electron chi connectivity index (χ1n) is 3.82. The van der Waals surface area contributed by atoms with Gasteiger partial charge in [-0.2, -0.15) is 11.8 Å². The van der Waals surface area contributed by atoms with E-state index in [1.807, 2.05) is 11.8 Å². The zero-order chi connectivity index (χ0) is 7.90. The van der Waals surface area contributed by atoms with Crippen LogP contribution in [0.15, 0.2) is 0 Å². The zero-order valence-corrected chi connectivity index (χ0v) is 6.99. The molecule has 1 spiro atoms. The largest absolute Gasteiger partial charge is 0.481 e. The second-order valence-electron chi connectivity index (χ2n) is 3.20. The van der Waals surface area contributed by atoms with Crippen LogP contribution in [0.4, 0.5) is 0 Å². The van der Waals surface area contributed by atoms with Crippen molar-refractivity contribution in [3.05, 3.63) is 0 Å². The van der Waals surface area contributed by atoms with Gasteiger partial charge in [0.25, 0.3) is 0 Å². The smallest absolute Gasteiger partial charge is 0.308 e. The molecule has 1 unspecified atom stereocenters. The molecule has 0 aromatic rings. The number of rotatable bonds is 1. The number of carbonyl (C=O) groups is 1. The van der Waals surface area contributed by atoms with E-state index < -0.39 is 5.97 Å². The molecule has 2 rings (SSSR count). The van der Waals surface area contributed by atoms with Gasteiger partial charge in [-0.1, -0.05) is 0 Å². The maximum absolute atomic E-state index is 10.8. The molecule has 2 saturated heterocycles. The Balaban J connectivity index is 2.13. The number of nitrogens with one attached hydrogen (secondary N) is 1. The summed E-state index contributed by atoms with van der Waals surface area (Å²) in [4.78, 5) is 10.8. The lowest BCUT2D eigenvalue weighted by Crippen LogP contribution is -2.60. The Morgan fingerprint density at radius 3 is 2.73 bits per heavy atom. The highest BCUT2D eigenvalue weighted by Crippen LogP contribution is 2.45. The average Bonchev–Trinajstić information content (AvgIpc) is 2.27. The lowest BCUT2D eigenvalue weighted by atomic mass is 9.85. The molecule has 2 aliphatic rings. The highest BCUT2D eigenvalue weighted by atomic mass is 32.2. The van der Waals surface area contributed by atoms with Gasteiger partial charge >= 0.3 is 5.97 Å². The maximum atomic E-state index is 10.8. The Kier molecular flexibility index (Phi) is 1.61.